The largest absolute Gasteiger partial charge is 0.456 e. The summed E-state index contributed by atoms with van der Waals surface area (Å²) in [5.74, 6) is 1.87. The van der Waals surface area contributed by atoms with Crippen molar-refractivity contribution in [3.8, 4) is 78.8 Å². The van der Waals surface area contributed by atoms with Crippen LogP contribution in [0.3, 0.4) is 0 Å². The third-order valence-electron chi connectivity index (χ3n) is 12.9. The van der Waals surface area contributed by atoms with Crippen LogP contribution in [0.2, 0.25) is 0 Å². The number of aromatic nitrogens is 4. The monoisotopic (exact) mass is 854 g/mol. The van der Waals surface area contributed by atoms with Crippen molar-refractivity contribution in [1.29, 1.82) is 0 Å². The second-order valence-corrected chi connectivity index (χ2v) is 16.9. The molecule has 0 saturated carbocycles. The number of hydrogen-bond acceptors (Lipinski definition) is 5. The second kappa shape index (κ2) is 15.9. The molecule has 5 nitrogen and oxygen atoms in total. The molecule has 13 aromatic rings. The van der Waals surface area contributed by atoms with E-state index in [2.05, 4.69) is 188 Å². The molecule has 0 saturated heterocycles. The van der Waals surface area contributed by atoms with Crippen LogP contribution in [0.25, 0.3) is 133 Å². The van der Waals surface area contributed by atoms with Gasteiger partial charge in [0.1, 0.15) is 11.2 Å². The molecule has 0 atom stereocenters. The predicted octanol–water partition coefficient (Wildman–Crippen LogP) is 16.3. The molecule has 0 unspecified atom stereocenters. The van der Waals surface area contributed by atoms with Gasteiger partial charge in [0.25, 0.3) is 0 Å². The minimum absolute atomic E-state index is 0.620. The molecular weight excluding hydrogens is 817 g/mol. The van der Waals surface area contributed by atoms with E-state index in [1.807, 2.05) is 42.5 Å². The van der Waals surface area contributed by atoms with Crippen molar-refractivity contribution in [3.05, 3.63) is 231 Å². The van der Waals surface area contributed by atoms with Crippen LogP contribution in [0.5, 0.6) is 0 Å². The van der Waals surface area contributed by atoms with Crippen molar-refractivity contribution in [3.63, 3.8) is 0 Å². The molecule has 0 fully saturated rings. The highest BCUT2D eigenvalue weighted by atomic mass is 16.3. The zero-order chi connectivity index (χ0) is 44.3. The van der Waals surface area contributed by atoms with E-state index in [0.29, 0.717) is 17.5 Å². The fourth-order valence-electron chi connectivity index (χ4n) is 9.79. The minimum Gasteiger partial charge on any atom is -0.456 e. The van der Waals surface area contributed by atoms with Gasteiger partial charge in [-0.2, -0.15) is 0 Å². The summed E-state index contributed by atoms with van der Waals surface area (Å²) in [6, 6.07) is 80.4. The number of furan rings is 1. The first-order valence-electron chi connectivity index (χ1n) is 22.5. The van der Waals surface area contributed by atoms with Crippen molar-refractivity contribution in [1.82, 2.24) is 19.9 Å². The molecule has 5 heteroatoms. The van der Waals surface area contributed by atoms with Crippen LogP contribution in [0, 0.1) is 0 Å². The summed E-state index contributed by atoms with van der Waals surface area (Å²) in [6.07, 6.45) is 0. The molecule has 3 aromatic heterocycles. The molecule has 67 heavy (non-hydrogen) atoms. The van der Waals surface area contributed by atoms with E-state index in [-0.39, 0.29) is 0 Å². The molecule has 0 bridgehead atoms. The lowest BCUT2D eigenvalue weighted by Gasteiger charge is -2.16. The third-order valence-corrected chi connectivity index (χ3v) is 12.9. The van der Waals surface area contributed by atoms with Gasteiger partial charge in [0.2, 0.25) is 0 Å². The average molecular weight is 855 g/mol. The van der Waals surface area contributed by atoms with Crippen LogP contribution < -0.4 is 0 Å². The lowest BCUT2D eigenvalue weighted by Crippen LogP contribution is -2.01. The highest BCUT2D eigenvalue weighted by Gasteiger charge is 2.22. The Morgan fingerprint density at radius 1 is 0.269 bits per heavy atom. The SMILES string of the molecule is c1ccc(-c2cccc(-c3nc(-c4ccccc4)nc(-c4ccc(-c5ccc(-c6nc7ccccc7c7c(-c8ccccc8)c8c(cc67)oc6ccccc68)cc5)c5ccccc45)n3)c2)cc1. The number of para-hydroxylation sites is 2. The van der Waals surface area contributed by atoms with Gasteiger partial charge in [0.05, 0.1) is 11.2 Å². The summed E-state index contributed by atoms with van der Waals surface area (Å²) in [7, 11) is 0. The van der Waals surface area contributed by atoms with Gasteiger partial charge < -0.3 is 4.42 Å². The number of nitrogens with zero attached hydrogens (tertiary/aromatic N) is 4. The van der Waals surface area contributed by atoms with E-state index in [1.165, 1.54) is 0 Å². The number of fused-ring (bicyclic) bond motifs is 7. The first-order valence-corrected chi connectivity index (χ1v) is 22.5. The molecule has 0 N–H and O–H groups in total. The van der Waals surface area contributed by atoms with E-state index in [9.17, 15) is 0 Å². The Labute approximate surface area is 386 Å². The van der Waals surface area contributed by atoms with Crippen LogP contribution in [-0.2, 0) is 0 Å². The van der Waals surface area contributed by atoms with Gasteiger partial charge in [-0.25, -0.2) is 19.9 Å². The summed E-state index contributed by atoms with van der Waals surface area (Å²) >= 11 is 0. The Morgan fingerprint density at radius 2 is 0.806 bits per heavy atom. The molecule has 312 valence electrons. The van der Waals surface area contributed by atoms with Crippen LogP contribution in [0.4, 0.5) is 0 Å². The fourth-order valence-corrected chi connectivity index (χ4v) is 9.79. The van der Waals surface area contributed by atoms with Gasteiger partial charge in [-0.3, -0.25) is 0 Å². The average Bonchev–Trinajstić information content (AvgIpc) is 3.78. The Kier molecular flexibility index (Phi) is 9.10. The van der Waals surface area contributed by atoms with Gasteiger partial charge in [-0.05, 0) is 68.9 Å². The van der Waals surface area contributed by atoms with Gasteiger partial charge in [0, 0.05) is 54.7 Å². The van der Waals surface area contributed by atoms with E-state index in [1.54, 1.807) is 0 Å². The van der Waals surface area contributed by atoms with Gasteiger partial charge >= 0.3 is 0 Å². The summed E-state index contributed by atoms with van der Waals surface area (Å²) < 4.78 is 6.62. The molecule has 0 aliphatic carbocycles. The Bertz CT molecular complexity index is 4020. The van der Waals surface area contributed by atoms with Gasteiger partial charge in [-0.1, -0.05) is 200 Å². The molecule has 0 amide bonds. The normalized spacial score (nSPS) is 11.6. The number of benzene rings is 10. The van der Waals surface area contributed by atoms with Crippen LogP contribution in [0.1, 0.15) is 0 Å². The van der Waals surface area contributed by atoms with Crippen LogP contribution in [0.15, 0.2) is 235 Å². The van der Waals surface area contributed by atoms with E-state index >= 15 is 0 Å². The van der Waals surface area contributed by atoms with Crippen molar-refractivity contribution < 1.29 is 4.42 Å². The van der Waals surface area contributed by atoms with Crippen LogP contribution >= 0.6 is 0 Å². The second-order valence-electron chi connectivity index (χ2n) is 16.9. The molecule has 0 radical (unpaired) electrons. The molecule has 13 rings (SSSR count). The summed E-state index contributed by atoms with van der Waals surface area (Å²) in [5, 5.41) is 7.70. The maximum atomic E-state index is 6.62. The van der Waals surface area contributed by atoms with Crippen molar-refractivity contribution in [2.75, 3.05) is 0 Å². The molecular formula is C62H38N4O. The Hall–Kier alpha value is -9.06. The smallest absolute Gasteiger partial charge is 0.164 e. The van der Waals surface area contributed by atoms with Gasteiger partial charge in [0.15, 0.2) is 17.5 Å². The molecule has 10 aromatic carbocycles. The first-order chi connectivity index (χ1) is 33.2. The zero-order valence-electron chi connectivity index (χ0n) is 36.1. The number of rotatable bonds is 7. The van der Waals surface area contributed by atoms with E-state index in [4.69, 9.17) is 24.4 Å². The van der Waals surface area contributed by atoms with Gasteiger partial charge in [-0.15, -0.1) is 0 Å². The highest BCUT2D eigenvalue weighted by molar-refractivity contribution is 6.27. The maximum Gasteiger partial charge on any atom is 0.164 e. The van der Waals surface area contributed by atoms with E-state index in [0.717, 1.165) is 116 Å². The summed E-state index contributed by atoms with van der Waals surface area (Å²) in [6.45, 7) is 0. The quantitative estimate of drug-likeness (QED) is 0.149. The minimum atomic E-state index is 0.620. The summed E-state index contributed by atoms with van der Waals surface area (Å²) in [5.41, 5.74) is 14.1. The van der Waals surface area contributed by atoms with E-state index < -0.39 is 0 Å². The fraction of sp³-hybridized carbons (Fsp3) is 0. The number of pyridine rings is 1. The Morgan fingerprint density at radius 3 is 1.55 bits per heavy atom. The first kappa shape index (κ1) is 38.4. The summed E-state index contributed by atoms with van der Waals surface area (Å²) in [4.78, 5) is 20.8. The number of hydrogen-bond donors (Lipinski definition) is 0. The zero-order valence-corrected chi connectivity index (χ0v) is 36.1. The van der Waals surface area contributed by atoms with Crippen molar-refractivity contribution in [2.24, 2.45) is 0 Å². The van der Waals surface area contributed by atoms with Crippen molar-refractivity contribution >= 4 is 54.4 Å². The standard InChI is InChI=1S/C62H38N4O/c1-4-17-39(18-5-1)44-23-16-24-45(37-44)61-64-60(43-21-8-3-9-22-43)65-62(66-61)49-36-35-46(47-25-10-11-26-48(47)49)40-31-33-42(34-32-40)59-52-38-55-58(51-28-13-15-30-54(51)67-55)56(41-19-6-2-7-20-41)57(52)50-27-12-14-29-53(50)63-59/h1-38H. The predicted molar refractivity (Wildman–Crippen MR) is 275 cm³/mol. The van der Waals surface area contributed by atoms with Crippen LogP contribution in [-0.4, -0.2) is 19.9 Å². The topological polar surface area (TPSA) is 64.7 Å². The molecule has 3 heterocycles. The molecule has 0 aliphatic heterocycles. The molecule has 0 spiro atoms. The highest BCUT2D eigenvalue weighted by Crippen LogP contribution is 2.46. The Balaban J connectivity index is 0.950. The maximum absolute atomic E-state index is 6.62. The molecule has 0 aliphatic rings. The lowest BCUT2D eigenvalue weighted by atomic mass is 9.89. The van der Waals surface area contributed by atoms with Crippen molar-refractivity contribution in [2.45, 2.75) is 0 Å². The third kappa shape index (κ3) is 6.64. The lowest BCUT2D eigenvalue weighted by molar-refractivity contribution is 0.669.